The second-order valence-corrected chi connectivity index (χ2v) is 6.74. The zero-order valence-corrected chi connectivity index (χ0v) is 15.1. The summed E-state index contributed by atoms with van der Waals surface area (Å²) in [7, 11) is 0. The van der Waals surface area contributed by atoms with Crippen LogP contribution in [0.5, 0.6) is 11.5 Å². The number of hydrogen-bond acceptors (Lipinski definition) is 3. The number of amides is 1. The highest BCUT2D eigenvalue weighted by Gasteiger charge is 2.31. The largest absolute Gasteiger partial charge is 0.507 e. The third-order valence-electron chi connectivity index (χ3n) is 4.81. The zero-order valence-electron chi connectivity index (χ0n) is 15.1. The molecule has 2 aromatic rings. The van der Waals surface area contributed by atoms with E-state index in [4.69, 9.17) is 0 Å². The lowest BCUT2D eigenvalue weighted by molar-refractivity contribution is -0.117. The van der Waals surface area contributed by atoms with Gasteiger partial charge in [-0.15, -0.1) is 0 Å². The van der Waals surface area contributed by atoms with E-state index in [0.29, 0.717) is 18.5 Å². The van der Waals surface area contributed by atoms with Crippen LogP contribution in [0.4, 0.5) is 5.69 Å². The number of benzene rings is 2. The molecule has 4 heteroatoms. The van der Waals surface area contributed by atoms with Crippen molar-refractivity contribution in [1.29, 1.82) is 0 Å². The van der Waals surface area contributed by atoms with Crippen molar-refractivity contribution >= 4 is 11.6 Å². The molecule has 1 aliphatic rings. The van der Waals surface area contributed by atoms with Gasteiger partial charge in [-0.3, -0.25) is 4.79 Å². The highest BCUT2D eigenvalue weighted by Crippen LogP contribution is 2.46. The predicted molar refractivity (Wildman–Crippen MR) is 100 cm³/mol. The van der Waals surface area contributed by atoms with Gasteiger partial charge in [0, 0.05) is 12.2 Å². The Morgan fingerprint density at radius 2 is 1.72 bits per heavy atom. The Labute approximate surface area is 148 Å². The van der Waals surface area contributed by atoms with Crippen LogP contribution in [0, 0.1) is 6.92 Å². The van der Waals surface area contributed by atoms with E-state index >= 15 is 0 Å². The molecular formula is C21H25NO3. The summed E-state index contributed by atoms with van der Waals surface area (Å²) in [4.78, 5) is 14.2. The number of phenols is 2. The quantitative estimate of drug-likeness (QED) is 0.852. The number of fused-ring (bicyclic) bond motifs is 1. The minimum Gasteiger partial charge on any atom is -0.507 e. The number of nitrogens with zero attached hydrogens (tertiary/aromatic N) is 1. The maximum Gasteiger partial charge on any atom is 0.231 e. The molecule has 132 valence electrons. The molecule has 1 heterocycles. The molecule has 0 unspecified atom stereocenters. The van der Waals surface area contributed by atoms with E-state index in [0.717, 1.165) is 47.2 Å². The summed E-state index contributed by atoms with van der Waals surface area (Å²) in [5, 5.41) is 21.2. The molecule has 0 spiro atoms. The number of carbonyl (C=O) groups is 1. The summed E-state index contributed by atoms with van der Waals surface area (Å²) >= 11 is 0. The van der Waals surface area contributed by atoms with Gasteiger partial charge >= 0.3 is 0 Å². The molecule has 2 N–H and O–H groups in total. The van der Waals surface area contributed by atoms with Crippen LogP contribution in [-0.4, -0.2) is 22.7 Å². The number of carbonyl (C=O) groups excluding carboxylic acids is 1. The minimum absolute atomic E-state index is 0.0707. The molecule has 0 aromatic heterocycles. The number of phenolic OH excluding ortho intramolecular Hbond substituents is 2. The standard InChI is InChI=1S/C21H25NO3/c1-4-6-14-10-17(23)21(18(24)11-14)20-13(3)7-8-16-15(20)12-19(25)22(16)9-5-2/h7-8,10-11,23-24H,4-6,9,12H2,1-3H3. The van der Waals surface area contributed by atoms with Gasteiger partial charge in [-0.05, 0) is 60.2 Å². The van der Waals surface area contributed by atoms with Gasteiger partial charge in [-0.25, -0.2) is 0 Å². The summed E-state index contributed by atoms with van der Waals surface area (Å²) in [5.41, 5.74) is 4.85. The van der Waals surface area contributed by atoms with Crippen molar-refractivity contribution in [2.45, 2.75) is 46.5 Å². The third-order valence-corrected chi connectivity index (χ3v) is 4.81. The van der Waals surface area contributed by atoms with Gasteiger partial charge in [0.25, 0.3) is 0 Å². The molecule has 0 fully saturated rings. The monoisotopic (exact) mass is 339 g/mol. The lowest BCUT2D eigenvalue weighted by atomic mass is 9.91. The van der Waals surface area contributed by atoms with Gasteiger partial charge in [-0.1, -0.05) is 26.3 Å². The Kier molecular flexibility index (Phi) is 4.71. The van der Waals surface area contributed by atoms with Crippen molar-refractivity contribution in [3.63, 3.8) is 0 Å². The van der Waals surface area contributed by atoms with Crippen molar-refractivity contribution in [3.8, 4) is 22.6 Å². The zero-order chi connectivity index (χ0) is 18.1. The molecule has 0 saturated heterocycles. The lowest BCUT2D eigenvalue weighted by Gasteiger charge is -2.19. The van der Waals surface area contributed by atoms with Crippen LogP contribution in [0.25, 0.3) is 11.1 Å². The van der Waals surface area contributed by atoms with E-state index in [1.807, 2.05) is 26.0 Å². The predicted octanol–water partition coefficient (Wildman–Crippen LogP) is 4.32. The van der Waals surface area contributed by atoms with Gasteiger partial charge in [0.05, 0.1) is 12.0 Å². The molecule has 0 aliphatic carbocycles. The van der Waals surface area contributed by atoms with Crippen LogP contribution in [0.2, 0.25) is 0 Å². The molecule has 0 saturated carbocycles. The molecule has 0 atom stereocenters. The summed E-state index contributed by atoms with van der Waals surface area (Å²) in [5.74, 6) is 0.216. The maximum atomic E-state index is 12.4. The normalized spacial score (nSPS) is 13.4. The van der Waals surface area contributed by atoms with Crippen molar-refractivity contribution in [2.24, 2.45) is 0 Å². The minimum atomic E-state index is 0.0707. The average Bonchev–Trinajstić information content (AvgIpc) is 2.86. The van der Waals surface area contributed by atoms with Crippen LogP contribution in [0.15, 0.2) is 24.3 Å². The fourth-order valence-electron chi connectivity index (χ4n) is 3.74. The second kappa shape index (κ2) is 6.79. The van der Waals surface area contributed by atoms with E-state index in [1.54, 1.807) is 17.0 Å². The Morgan fingerprint density at radius 3 is 2.32 bits per heavy atom. The maximum absolute atomic E-state index is 12.4. The van der Waals surface area contributed by atoms with E-state index in [-0.39, 0.29) is 17.4 Å². The average molecular weight is 339 g/mol. The summed E-state index contributed by atoms with van der Waals surface area (Å²) in [6, 6.07) is 7.36. The van der Waals surface area contributed by atoms with Crippen molar-refractivity contribution < 1.29 is 15.0 Å². The molecule has 0 bridgehead atoms. The van der Waals surface area contributed by atoms with Gasteiger partial charge in [0.2, 0.25) is 5.91 Å². The molecule has 25 heavy (non-hydrogen) atoms. The molecule has 1 aliphatic heterocycles. The first-order valence-corrected chi connectivity index (χ1v) is 8.96. The van der Waals surface area contributed by atoms with Crippen LogP contribution >= 0.6 is 0 Å². The Bertz CT molecular complexity index is 803. The second-order valence-electron chi connectivity index (χ2n) is 6.74. The van der Waals surface area contributed by atoms with Crippen molar-refractivity contribution in [1.82, 2.24) is 0 Å². The first kappa shape index (κ1) is 17.3. The first-order valence-electron chi connectivity index (χ1n) is 8.96. The number of hydrogen-bond donors (Lipinski definition) is 2. The number of aromatic hydroxyl groups is 2. The van der Waals surface area contributed by atoms with Crippen molar-refractivity contribution in [3.05, 3.63) is 41.0 Å². The topological polar surface area (TPSA) is 60.8 Å². The number of anilines is 1. The Balaban J connectivity index is 2.18. The van der Waals surface area contributed by atoms with Gasteiger partial charge < -0.3 is 15.1 Å². The van der Waals surface area contributed by atoms with Gasteiger partial charge in [0.1, 0.15) is 11.5 Å². The van der Waals surface area contributed by atoms with Crippen LogP contribution in [0.3, 0.4) is 0 Å². The van der Waals surface area contributed by atoms with E-state index in [2.05, 4.69) is 6.92 Å². The van der Waals surface area contributed by atoms with E-state index in [9.17, 15) is 15.0 Å². The van der Waals surface area contributed by atoms with Crippen molar-refractivity contribution in [2.75, 3.05) is 11.4 Å². The van der Waals surface area contributed by atoms with Gasteiger partial charge in [0.15, 0.2) is 0 Å². The van der Waals surface area contributed by atoms with E-state index in [1.165, 1.54) is 0 Å². The molecule has 4 nitrogen and oxygen atoms in total. The summed E-state index contributed by atoms with van der Waals surface area (Å²) in [6.07, 6.45) is 2.94. The van der Waals surface area contributed by atoms with Crippen LogP contribution < -0.4 is 4.90 Å². The van der Waals surface area contributed by atoms with Crippen LogP contribution in [0.1, 0.15) is 43.4 Å². The molecule has 2 aromatic carbocycles. The molecule has 0 radical (unpaired) electrons. The third kappa shape index (κ3) is 2.97. The molecular weight excluding hydrogens is 314 g/mol. The number of aryl methyl sites for hydroxylation is 2. The highest BCUT2D eigenvalue weighted by molar-refractivity contribution is 6.05. The smallest absolute Gasteiger partial charge is 0.231 e. The first-order chi connectivity index (χ1) is 12.0. The SMILES string of the molecule is CCCc1cc(O)c(-c2c(C)ccc3c2CC(=O)N3CCC)c(O)c1. The highest BCUT2D eigenvalue weighted by atomic mass is 16.3. The lowest BCUT2D eigenvalue weighted by Crippen LogP contribution is -2.27. The number of rotatable bonds is 5. The summed E-state index contributed by atoms with van der Waals surface area (Å²) < 4.78 is 0. The Morgan fingerprint density at radius 1 is 1.04 bits per heavy atom. The Hall–Kier alpha value is -2.49. The molecule has 1 amide bonds. The van der Waals surface area contributed by atoms with Crippen LogP contribution in [-0.2, 0) is 17.6 Å². The fourth-order valence-corrected chi connectivity index (χ4v) is 3.74. The van der Waals surface area contributed by atoms with E-state index < -0.39 is 0 Å². The fraction of sp³-hybridized carbons (Fsp3) is 0.381. The van der Waals surface area contributed by atoms with Gasteiger partial charge in [-0.2, -0.15) is 0 Å². The molecule has 3 rings (SSSR count). The summed E-state index contributed by atoms with van der Waals surface area (Å²) in [6.45, 7) is 6.73.